The van der Waals surface area contributed by atoms with Crippen molar-refractivity contribution >= 4 is 29.5 Å². The van der Waals surface area contributed by atoms with Crippen LogP contribution in [-0.4, -0.2) is 79.9 Å². The second-order valence-electron chi connectivity index (χ2n) is 9.07. The molecule has 10 heteroatoms. The highest BCUT2D eigenvalue weighted by atomic mass is 32.2. The first-order chi connectivity index (χ1) is 15.6. The number of aliphatic hydroxyl groups excluding tert-OH is 1. The summed E-state index contributed by atoms with van der Waals surface area (Å²) in [4.78, 5) is 41.0. The molecule has 3 aliphatic rings. The number of carbonyl (C=O) groups is 3. The Morgan fingerprint density at radius 2 is 1.97 bits per heavy atom. The van der Waals surface area contributed by atoms with E-state index in [9.17, 15) is 29.7 Å². The van der Waals surface area contributed by atoms with Gasteiger partial charge in [0.05, 0.1) is 24.1 Å². The zero-order valence-electron chi connectivity index (χ0n) is 18.8. The number of fused-ring (bicyclic) bond motifs is 1. The lowest BCUT2D eigenvalue weighted by Crippen LogP contribution is -2.63. The van der Waals surface area contributed by atoms with Gasteiger partial charge in [-0.3, -0.25) is 9.59 Å². The van der Waals surface area contributed by atoms with Crippen molar-refractivity contribution < 1.29 is 29.7 Å². The molecular formula is C23H29N3O6S. The first-order valence-corrected chi connectivity index (χ1v) is 11.9. The number of nitrogens with zero attached hydrogens (tertiary/aromatic N) is 2. The van der Waals surface area contributed by atoms with E-state index in [0.29, 0.717) is 24.4 Å². The van der Waals surface area contributed by atoms with Gasteiger partial charge in [-0.1, -0.05) is 19.1 Å². The number of phenols is 1. The summed E-state index contributed by atoms with van der Waals surface area (Å²) in [5, 5.41) is 32.4. The van der Waals surface area contributed by atoms with Crippen molar-refractivity contribution in [2.75, 3.05) is 13.6 Å². The number of hydrogen-bond donors (Lipinski definition) is 4. The summed E-state index contributed by atoms with van der Waals surface area (Å²) in [6, 6.07) is 5.99. The van der Waals surface area contributed by atoms with Gasteiger partial charge in [0.1, 0.15) is 11.4 Å². The van der Waals surface area contributed by atoms with E-state index in [2.05, 4.69) is 5.32 Å². The van der Waals surface area contributed by atoms with Gasteiger partial charge in [-0.05, 0) is 31.0 Å². The molecule has 0 spiro atoms. The molecule has 4 N–H and O–H groups in total. The van der Waals surface area contributed by atoms with Gasteiger partial charge < -0.3 is 30.4 Å². The Hall–Kier alpha value is -2.56. The zero-order valence-corrected chi connectivity index (χ0v) is 19.6. The molecule has 9 nitrogen and oxygen atoms in total. The fourth-order valence-corrected chi connectivity index (χ4v) is 6.54. The van der Waals surface area contributed by atoms with Crippen LogP contribution in [-0.2, 0) is 20.9 Å². The third kappa shape index (κ3) is 4.22. The Kier molecular flexibility index (Phi) is 6.43. The molecule has 6 unspecified atom stereocenters. The van der Waals surface area contributed by atoms with Crippen molar-refractivity contribution in [3.8, 4) is 5.75 Å². The maximum absolute atomic E-state index is 12.9. The Morgan fingerprint density at radius 3 is 2.58 bits per heavy atom. The molecule has 1 aromatic rings. The van der Waals surface area contributed by atoms with Crippen LogP contribution in [0, 0.1) is 11.8 Å². The SMILES string of the molecule is CC(O)C1C(=O)N2C(C(=O)O)=C(SC3CNC(C(=O)N(C)Cc4ccc(O)cc4)C3)C(C)C12. The number of aliphatic carboxylic acids is 1. The largest absolute Gasteiger partial charge is 0.508 e. The topological polar surface area (TPSA) is 130 Å². The minimum atomic E-state index is -1.14. The lowest BCUT2D eigenvalue weighted by Gasteiger charge is -2.46. The zero-order chi connectivity index (χ0) is 24.0. The maximum atomic E-state index is 12.9. The van der Waals surface area contributed by atoms with Crippen molar-refractivity contribution in [2.24, 2.45) is 11.8 Å². The van der Waals surface area contributed by atoms with Crippen LogP contribution in [0.2, 0.25) is 0 Å². The van der Waals surface area contributed by atoms with Gasteiger partial charge in [-0.15, -0.1) is 11.8 Å². The maximum Gasteiger partial charge on any atom is 0.353 e. The highest BCUT2D eigenvalue weighted by molar-refractivity contribution is 8.03. The molecule has 2 amide bonds. The van der Waals surface area contributed by atoms with Crippen molar-refractivity contribution in [3.05, 3.63) is 40.4 Å². The van der Waals surface area contributed by atoms with E-state index in [0.717, 1.165) is 5.56 Å². The summed E-state index contributed by atoms with van der Waals surface area (Å²) in [5.74, 6) is -2.14. The number of β-lactam (4-membered cyclic amide) rings is 1. The van der Waals surface area contributed by atoms with Crippen molar-refractivity contribution in [1.29, 1.82) is 0 Å². The molecule has 2 saturated heterocycles. The normalized spacial score (nSPS) is 29.6. The molecule has 3 heterocycles. The highest BCUT2D eigenvalue weighted by Crippen LogP contribution is 2.51. The predicted molar refractivity (Wildman–Crippen MR) is 122 cm³/mol. The number of thioether (sulfide) groups is 1. The number of phenolic OH excluding ortho intramolecular Hbond substituents is 1. The second kappa shape index (κ2) is 9.00. The number of aliphatic hydroxyl groups is 1. The quantitative estimate of drug-likeness (QED) is 0.429. The summed E-state index contributed by atoms with van der Waals surface area (Å²) >= 11 is 1.42. The number of rotatable bonds is 7. The van der Waals surface area contributed by atoms with Gasteiger partial charge in [0.25, 0.3) is 0 Å². The number of carboxylic acid groups (broad SMARTS) is 1. The fraction of sp³-hybridized carbons (Fsp3) is 0.522. The average Bonchev–Trinajstić information content (AvgIpc) is 3.31. The van der Waals surface area contributed by atoms with E-state index in [1.807, 2.05) is 6.92 Å². The van der Waals surface area contributed by atoms with Crippen LogP contribution in [0.5, 0.6) is 5.75 Å². The molecule has 2 fully saturated rings. The van der Waals surface area contributed by atoms with Crippen LogP contribution < -0.4 is 5.32 Å². The van der Waals surface area contributed by atoms with Gasteiger partial charge in [-0.2, -0.15) is 0 Å². The van der Waals surface area contributed by atoms with E-state index in [1.165, 1.54) is 16.7 Å². The lowest BCUT2D eigenvalue weighted by atomic mass is 9.79. The van der Waals surface area contributed by atoms with Crippen molar-refractivity contribution in [1.82, 2.24) is 15.1 Å². The Labute approximate surface area is 196 Å². The Balaban J connectivity index is 1.41. The van der Waals surface area contributed by atoms with E-state index >= 15 is 0 Å². The number of benzene rings is 1. The van der Waals surface area contributed by atoms with Gasteiger partial charge in [0.15, 0.2) is 0 Å². The number of likely N-dealkylation sites (N-methyl/N-ethyl adjacent to an activating group) is 1. The number of carboxylic acids is 1. The first kappa shape index (κ1) is 23.6. The van der Waals surface area contributed by atoms with Crippen LogP contribution in [0.15, 0.2) is 34.9 Å². The highest BCUT2D eigenvalue weighted by Gasteiger charge is 2.60. The molecule has 6 atom stereocenters. The molecule has 178 valence electrons. The smallest absolute Gasteiger partial charge is 0.353 e. The Bertz CT molecular complexity index is 994. The van der Waals surface area contributed by atoms with E-state index < -0.39 is 18.0 Å². The molecule has 0 aliphatic carbocycles. The third-order valence-electron chi connectivity index (χ3n) is 6.73. The van der Waals surface area contributed by atoms with Gasteiger partial charge in [0, 0.05) is 36.2 Å². The van der Waals surface area contributed by atoms with Crippen LogP contribution in [0.3, 0.4) is 0 Å². The minimum absolute atomic E-state index is 0.00776. The summed E-state index contributed by atoms with van der Waals surface area (Å²) in [7, 11) is 1.73. The van der Waals surface area contributed by atoms with Crippen molar-refractivity contribution in [2.45, 2.75) is 50.3 Å². The molecule has 0 bridgehead atoms. The molecule has 1 aromatic carbocycles. The van der Waals surface area contributed by atoms with Gasteiger partial charge >= 0.3 is 5.97 Å². The van der Waals surface area contributed by atoms with E-state index in [1.54, 1.807) is 43.1 Å². The van der Waals surface area contributed by atoms with E-state index in [4.69, 9.17) is 0 Å². The monoisotopic (exact) mass is 475 g/mol. The molecule has 0 saturated carbocycles. The molecule has 33 heavy (non-hydrogen) atoms. The van der Waals surface area contributed by atoms with Crippen LogP contribution >= 0.6 is 11.8 Å². The van der Waals surface area contributed by atoms with E-state index in [-0.39, 0.29) is 46.5 Å². The van der Waals surface area contributed by atoms with Gasteiger partial charge in [0.2, 0.25) is 11.8 Å². The van der Waals surface area contributed by atoms with Crippen LogP contribution in [0.1, 0.15) is 25.8 Å². The first-order valence-electron chi connectivity index (χ1n) is 11.0. The summed E-state index contributed by atoms with van der Waals surface area (Å²) in [6.07, 6.45) is -0.287. The van der Waals surface area contributed by atoms with Crippen LogP contribution in [0.25, 0.3) is 0 Å². The van der Waals surface area contributed by atoms with Crippen molar-refractivity contribution in [3.63, 3.8) is 0 Å². The number of carbonyl (C=O) groups excluding carboxylic acids is 2. The number of hydrogen-bond acceptors (Lipinski definition) is 7. The lowest BCUT2D eigenvalue weighted by molar-refractivity contribution is -0.163. The fourth-order valence-electron chi connectivity index (χ4n) is 5.06. The minimum Gasteiger partial charge on any atom is -0.508 e. The number of aromatic hydroxyl groups is 1. The van der Waals surface area contributed by atoms with Crippen LogP contribution in [0.4, 0.5) is 0 Å². The Morgan fingerprint density at radius 1 is 1.30 bits per heavy atom. The summed E-state index contributed by atoms with van der Waals surface area (Å²) in [6.45, 7) is 4.42. The number of amides is 2. The average molecular weight is 476 g/mol. The molecule has 0 aromatic heterocycles. The standard InChI is InChI=1S/C23H29N3O6S/c1-11-18-17(12(2)27)22(30)26(18)19(23(31)32)20(11)33-15-8-16(24-9-15)21(29)25(3)10-13-4-6-14(28)7-5-13/h4-7,11-12,15-18,24,27-28H,8-10H2,1-3H3,(H,31,32). The molecule has 3 aliphatic heterocycles. The predicted octanol–water partition coefficient (Wildman–Crippen LogP) is 0.968. The number of nitrogens with one attached hydrogen (secondary N) is 1. The summed E-state index contributed by atoms with van der Waals surface area (Å²) < 4.78 is 0. The molecule has 4 rings (SSSR count). The second-order valence-corrected chi connectivity index (χ2v) is 10.4. The molecule has 0 radical (unpaired) electrons. The van der Waals surface area contributed by atoms with Gasteiger partial charge in [-0.25, -0.2) is 4.79 Å². The molecular weight excluding hydrogens is 446 g/mol. The third-order valence-corrected chi connectivity index (χ3v) is 8.24. The summed E-state index contributed by atoms with van der Waals surface area (Å²) in [5.41, 5.74) is 0.920.